The van der Waals surface area contributed by atoms with Gasteiger partial charge in [0.2, 0.25) is 0 Å². The topological polar surface area (TPSA) is 23.8 Å². The van der Waals surface area contributed by atoms with E-state index >= 15 is 0 Å². The van der Waals surface area contributed by atoms with Crippen LogP contribution in [0.1, 0.15) is 24.0 Å². The van der Waals surface area contributed by atoms with Gasteiger partial charge in [0.25, 0.3) is 0 Å². The molecule has 0 spiro atoms. The monoisotopic (exact) mass is 261 g/mol. The molecule has 1 aliphatic rings. The molecule has 1 saturated carbocycles. The maximum Gasteiger partial charge on any atom is 0.0823 e. The lowest BCUT2D eigenvalue weighted by Crippen LogP contribution is -2.01. The molecule has 0 N–H and O–H groups in total. The summed E-state index contributed by atoms with van der Waals surface area (Å²) in [5.74, 6) is 0. The average molecular weight is 262 g/mol. The van der Waals surface area contributed by atoms with E-state index in [0.717, 1.165) is 18.2 Å². The molecule has 0 amide bonds. The highest BCUT2D eigenvalue weighted by Crippen LogP contribution is 2.47. The number of benzene rings is 1. The van der Waals surface area contributed by atoms with Crippen molar-refractivity contribution in [1.82, 2.24) is 0 Å². The molecule has 0 saturated heterocycles. The number of nitrogens with zero attached hydrogens (tertiary/aromatic N) is 1. The van der Waals surface area contributed by atoms with E-state index in [0.29, 0.717) is 0 Å². The van der Waals surface area contributed by atoms with Gasteiger partial charge in [-0.1, -0.05) is 52.3 Å². The Kier molecular flexibility index (Phi) is 2.93. The van der Waals surface area contributed by atoms with Gasteiger partial charge in [0.05, 0.1) is 11.5 Å². The van der Waals surface area contributed by atoms with Crippen LogP contribution < -0.4 is 0 Å². The number of nitriles is 1. The molecule has 2 heteroatoms. The number of allylic oxidation sites excluding steroid dienone is 1. The molecule has 0 unspecified atom stereocenters. The van der Waals surface area contributed by atoms with Crippen LogP contribution in [0.5, 0.6) is 0 Å². The van der Waals surface area contributed by atoms with Gasteiger partial charge in [0.1, 0.15) is 0 Å². The number of alkyl halides is 1. The third-order valence-corrected chi connectivity index (χ3v) is 3.20. The number of rotatable bonds is 3. The Morgan fingerprint density at radius 1 is 1.33 bits per heavy atom. The Hall–Kier alpha value is -1.07. The molecular weight excluding hydrogens is 250 g/mol. The van der Waals surface area contributed by atoms with Gasteiger partial charge in [0.15, 0.2) is 0 Å². The molecule has 1 aromatic rings. The molecule has 0 heterocycles. The fourth-order valence-electron chi connectivity index (χ4n) is 1.68. The molecule has 0 bridgehead atoms. The van der Waals surface area contributed by atoms with Crippen LogP contribution in [0.4, 0.5) is 0 Å². The minimum Gasteiger partial charge on any atom is -0.197 e. The zero-order chi connectivity index (χ0) is 10.7. The first-order valence-corrected chi connectivity index (χ1v) is 6.17. The highest BCUT2D eigenvalue weighted by Gasteiger charge is 2.44. The van der Waals surface area contributed by atoms with Crippen molar-refractivity contribution < 1.29 is 0 Å². The van der Waals surface area contributed by atoms with E-state index < -0.39 is 0 Å². The first-order chi connectivity index (χ1) is 7.30. The van der Waals surface area contributed by atoms with Gasteiger partial charge in [-0.15, -0.1) is 0 Å². The third-order valence-electron chi connectivity index (χ3n) is 2.83. The first kappa shape index (κ1) is 10.4. The number of halogens is 1. The molecule has 0 radical (unpaired) electrons. The Balaban J connectivity index is 2.18. The summed E-state index contributed by atoms with van der Waals surface area (Å²) in [5.41, 5.74) is 2.20. The lowest BCUT2D eigenvalue weighted by atomic mass is 9.97. The second kappa shape index (κ2) is 4.20. The fraction of sp³-hybridized carbons (Fsp3) is 0.308. The molecule has 76 valence electrons. The van der Waals surface area contributed by atoms with Gasteiger partial charge in [-0.2, -0.15) is 5.26 Å². The Labute approximate surface area is 98.6 Å². The van der Waals surface area contributed by atoms with Crippen LogP contribution in [-0.4, -0.2) is 5.33 Å². The van der Waals surface area contributed by atoms with Gasteiger partial charge in [-0.25, -0.2) is 0 Å². The lowest BCUT2D eigenvalue weighted by Gasteiger charge is -2.05. The number of hydrogen-bond donors (Lipinski definition) is 0. The summed E-state index contributed by atoms with van der Waals surface area (Å²) >= 11 is 3.34. The lowest BCUT2D eigenvalue weighted by molar-refractivity contribution is 0.908. The van der Waals surface area contributed by atoms with Gasteiger partial charge < -0.3 is 0 Å². The summed E-state index contributed by atoms with van der Waals surface area (Å²) in [4.78, 5) is 0. The maximum absolute atomic E-state index is 9.05. The van der Waals surface area contributed by atoms with Crippen LogP contribution in [0.15, 0.2) is 30.3 Å². The molecule has 2 rings (SSSR count). The van der Waals surface area contributed by atoms with Crippen molar-refractivity contribution in [1.29, 1.82) is 5.26 Å². The van der Waals surface area contributed by atoms with Gasteiger partial charge in [0, 0.05) is 5.33 Å². The van der Waals surface area contributed by atoms with Crippen LogP contribution >= 0.6 is 15.9 Å². The van der Waals surface area contributed by atoms with Crippen molar-refractivity contribution in [2.24, 2.45) is 0 Å². The molecule has 15 heavy (non-hydrogen) atoms. The summed E-state index contributed by atoms with van der Waals surface area (Å²) in [6.07, 6.45) is 6.16. The molecule has 1 aromatic carbocycles. The van der Waals surface area contributed by atoms with Crippen LogP contribution in [0.25, 0.3) is 6.08 Å². The van der Waals surface area contributed by atoms with Crippen molar-refractivity contribution in [2.45, 2.75) is 18.3 Å². The maximum atomic E-state index is 9.05. The Morgan fingerprint density at radius 3 is 2.47 bits per heavy atom. The van der Waals surface area contributed by atoms with Gasteiger partial charge in [-0.3, -0.25) is 0 Å². The summed E-state index contributed by atoms with van der Waals surface area (Å²) in [7, 11) is 0. The summed E-state index contributed by atoms with van der Waals surface area (Å²) < 4.78 is 0. The molecule has 0 aliphatic heterocycles. The van der Waals surface area contributed by atoms with Gasteiger partial charge >= 0.3 is 0 Å². The third kappa shape index (κ3) is 2.13. The van der Waals surface area contributed by atoms with E-state index in [2.05, 4.69) is 58.4 Å². The molecular formula is C13H12BrN. The van der Waals surface area contributed by atoms with Crippen LogP contribution in [-0.2, 0) is 5.41 Å². The van der Waals surface area contributed by atoms with Crippen molar-refractivity contribution >= 4 is 22.0 Å². The van der Waals surface area contributed by atoms with Crippen molar-refractivity contribution in [2.75, 3.05) is 5.33 Å². The van der Waals surface area contributed by atoms with E-state index in [-0.39, 0.29) is 5.41 Å². The van der Waals surface area contributed by atoms with Crippen molar-refractivity contribution in [3.63, 3.8) is 0 Å². The Morgan fingerprint density at radius 2 is 2.00 bits per heavy atom. The van der Waals surface area contributed by atoms with Crippen LogP contribution in [0.3, 0.4) is 0 Å². The minimum atomic E-state index is -0.155. The zero-order valence-electron chi connectivity index (χ0n) is 8.41. The molecule has 0 atom stereocenters. The fourth-order valence-corrected chi connectivity index (χ4v) is 1.87. The highest BCUT2D eigenvalue weighted by atomic mass is 79.9. The normalized spacial score (nSPS) is 17.6. The predicted molar refractivity (Wildman–Crippen MR) is 65.8 cm³/mol. The van der Waals surface area contributed by atoms with E-state index in [1.54, 1.807) is 0 Å². The highest BCUT2D eigenvalue weighted by molar-refractivity contribution is 9.09. The molecule has 1 nitrogen and oxygen atoms in total. The second-order valence-corrected chi connectivity index (χ2v) is 4.52. The summed E-state index contributed by atoms with van der Waals surface area (Å²) in [6.45, 7) is 0. The van der Waals surface area contributed by atoms with E-state index in [1.165, 1.54) is 11.1 Å². The van der Waals surface area contributed by atoms with Crippen molar-refractivity contribution in [3.8, 4) is 6.07 Å². The smallest absolute Gasteiger partial charge is 0.0823 e. The zero-order valence-corrected chi connectivity index (χ0v) is 10.00. The average Bonchev–Trinajstić information content (AvgIpc) is 3.08. The van der Waals surface area contributed by atoms with E-state index in [1.807, 2.05) is 0 Å². The molecule has 1 fully saturated rings. The molecule has 0 aromatic heterocycles. The SMILES string of the molecule is N#CC1(c2ccc(C=CCBr)cc2)CC1. The Bertz CT molecular complexity index is 407. The summed E-state index contributed by atoms with van der Waals surface area (Å²) in [6, 6.07) is 10.7. The van der Waals surface area contributed by atoms with Crippen molar-refractivity contribution in [3.05, 3.63) is 41.5 Å². The van der Waals surface area contributed by atoms with E-state index in [9.17, 15) is 0 Å². The van der Waals surface area contributed by atoms with E-state index in [4.69, 9.17) is 5.26 Å². The quantitative estimate of drug-likeness (QED) is 0.763. The van der Waals surface area contributed by atoms with Crippen LogP contribution in [0, 0.1) is 11.3 Å². The standard InChI is InChI=1S/C13H12BrN/c14-9-1-2-11-3-5-12(6-4-11)13(10-15)7-8-13/h1-6H,7-9H2. The predicted octanol–water partition coefficient (Wildman–Crippen LogP) is 3.65. The number of hydrogen-bond acceptors (Lipinski definition) is 1. The van der Waals surface area contributed by atoms with Gasteiger partial charge in [-0.05, 0) is 24.0 Å². The van der Waals surface area contributed by atoms with Crippen LogP contribution in [0.2, 0.25) is 0 Å². The minimum absolute atomic E-state index is 0.155. The second-order valence-electron chi connectivity index (χ2n) is 3.87. The first-order valence-electron chi connectivity index (χ1n) is 5.05. The largest absolute Gasteiger partial charge is 0.197 e. The summed E-state index contributed by atoms with van der Waals surface area (Å²) in [5, 5.41) is 9.92. The molecule has 1 aliphatic carbocycles.